The molecule has 11 heteroatoms. The molecule has 0 atom stereocenters. The molecule has 0 saturated carbocycles. The van der Waals surface area contributed by atoms with Crippen molar-refractivity contribution in [2.75, 3.05) is 34.9 Å². The van der Waals surface area contributed by atoms with Crippen LogP contribution in [0.2, 0.25) is 0 Å². The van der Waals surface area contributed by atoms with E-state index in [-0.39, 0.29) is 17.6 Å². The zero-order chi connectivity index (χ0) is 16.1. The summed E-state index contributed by atoms with van der Waals surface area (Å²) in [5, 5.41) is 9.04. The fraction of sp³-hybridized carbons (Fsp3) is 0.500. The fourth-order valence-electron chi connectivity index (χ4n) is 2.17. The second-order valence-electron chi connectivity index (χ2n) is 4.96. The van der Waals surface area contributed by atoms with Gasteiger partial charge in [-0.25, -0.2) is 9.97 Å². The molecule has 0 radical (unpaired) electrons. The van der Waals surface area contributed by atoms with E-state index >= 15 is 0 Å². The molecule has 2 aromatic heterocycles. The summed E-state index contributed by atoms with van der Waals surface area (Å²) in [7, 11) is 0. The fourth-order valence-corrected chi connectivity index (χ4v) is 2.79. The standard InChI is InChI=1S/C12H16N8O2S/c13-11-14-8-15-12(17-11)23-7-9(21)16-10-6-20(18-22-10)19-4-2-1-3-5-19/h6,8H,1-5,7H2,(H2-,13,14,15,16,17,18,21)/p+1. The van der Waals surface area contributed by atoms with Crippen LogP contribution >= 0.6 is 11.8 Å². The van der Waals surface area contributed by atoms with Gasteiger partial charge in [-0.2, -0.15) is 9.99 Å². The molecule has 0 unspecified atom stereocenters. The number of anilines is 2. The molecular formula is C12H17N8O2S+. The van der Waals surface area contributed by atoms with Crippen molar-refractivity contribution in [3.63, 3.8) is 0 Å². The molecule has 1 aliphatic rings. The van der Waals surface area contributed by atoms with Crippen LogP contribution in [0.3, 0.4) is 0 Å². The number of carbonyl (C=O) groups is 1. The highest BCUT2D eigenvalue weighted by molar-refractivity contribution is 7.99. The molecule has 3 rings (SSSR count). The zero-order valence-electron chi connectivity index (χ0n) is 12.4. The molecule has 1 amide bonds. The summed E-state index contributed by atoms with van der Waals surface area (Å²) in [5.41, 5.74) is 5.46. The number of carbonyl (C=O) groups excluding carboxylic acids is 1. The van der Waals surface area contributed by atoms with Crippen LogP contribution in [0.25, 0.3) is 0 Å². The molecule has 2 aromatic rings. The average Bonchev–Trinajstić information content (AvgIpc) is 3.02. The van der Waals surface area contributed by atoms with Crippen LogP contribution < -0.4 is 20.9 Å². The molecule has 1 aliphatic heterocycles. The number of nitrogen functional groups attached to an aromatic ring is 1. The van der Waals surface area contributed by atoms with Crippen LogP contribution in [0.1, 0.15) is 19.3 Å². The van der Waals surface area contributed by atoms with Gasteiger partial charge >= 0.3 is 5.88 Å². The normalized spacial score (nSPS) is 14.7. The van der Waals surface area contributed by atoms with Crippen molar-refractivity contribution in [3.8, 4) is 0 Å². The van der Waals surface area contributed by atoms with Crippen molar-refractivity contribution >= 4 is 29.5 Å². The predicted octanol–water partition coefficient (Wildman–Crippen LogP) is -0.418. The minimum absolute atomic E-state index is 0.126. The first-order chi connectivity index (χ1) is 11.2. The number of nitrogens with one attached hydrogen (secondary N) is 1. The van der Waals surface area contributed by atoms with Gasteiger partial charge in [-0.3, -0.25) is 14.6 Å². The monoisotopic (exact) mass is 337 g/mol. The van der Waals surface area contributed by atoms with Gasteiger partial charge in [-0.1, -0.05) is 11.8 Å². The first-order valence-corrected chi connectivity index (χ1v) is 8.20. The van der Waals surface area contributed by atoms with E-state index < -0.39 is 0 Å². The molecule has 1 fully saturated rings. The van der Waals surface area contributed by atoms with Gasteiger partial charge < -0.3 is 5.73 Å². The van der Waals surface area contributed by atoms with E-state index in [1.807, 2.05) is 0 Å². The smallest absolute Gasteiger partial charge is 0.305 e. The van der Waals surface area contributed by atoms with Gasteiger partial charge in [-0.05, 0) is 19.3 Å². The van der Waals surface area contributed by atoms with Crippen LogP contribution in [0.4, 0.5) is 11.8 Å². The number of piperidine rings is 1. The van der Waals surface area contributed by atoms with Crippen LogP contribution in [-0.4, -0.2) is 45.0 Å². The van der Waals surface area contributed by atoms with Gasteiger partial charge in [0, 0.05) is 0 Å². The number of hydrogen-bond donors (Lipinski definition) is 2. The Bertz CT molecular complexity index is 673. The van der Waals surface area contributed by atoms with Crippen molar-refractivity contribution in [3.05, 3.63) is 12.5 Å². The second kappa shape index (κ2) is 7.22. The molecule has 0 aromatic carbocycles. The van der Waals surface area contributed by atoms with E-state index in [1.165, 1.54) is 12.7 Å². The lowest BCUT2D eigenvalue weighted by Crippen LogP contribution is -2.60. The number of hydrogen-bond acceptors (Lipinski definition) is 9. The number of thioether (sulfide) groups is 1. The molecule has 3 heterocycles. The molecular weight excluding hydrogens is 320 g/mol. The second-order valence-corrected chi connectivity index (χ2v) is 5.91. The number of aromatic nitrogens is 5. The third kappa shape index (κ3) is 4.28. The summed E-state index contributed by atoms with van der Waals surface area (Å²) in [6.07, 6.45) is 6.47. The lowest BCUT2D eigenvalue weighted by molar-refractivity contribution is -0.759. The Morgan fingerprint density at radius 2 is 2.22 bits per heavy atom. The Morgan fingerprint density at radius 1 is 1.39 bits per heavy atom. The lowest BCUT2D eigenvalue weighted by atomic mass is 10.2. The first kappa shape index (κ1) is 15.5. The average molecular weight is 337 g/mol. The van der Waals surface area contributed by atoms with Gasteiger partial charge in [0.2, 0.25) is 17.1 Å². The minimum Gasteiger partial charge on any atom is -0.368 e. The molecule has 10 nitrogen and oxygen atoms in total. The highest BCUT2D eigenvalue weighted by Gasteiger charge is 2.23. The Labute approximate surface area is 136 Å². The molecule has 3 N–H and O–H groups in total. The van der Waals surface area contributed by atoms with Crippen LogP contribution in [-0.2, 0) is 4.79 Å². The van der Waals surface area contributed by atoms with Crippen molar-refractivity contribution in [1.29, 1.82) is 0 Å². The van der Waals surface area contributed by atoms with Crippen LogP contribution in [0.15, 0.2) is 22.2 Å². The Balaban J connectivity index is 1.50. The van der Waals surface area contributed by atoms with Crippen molar-refractivity contribution in [2.24, 2.45) is 0 Å². The number of rotatable bonds is 5. The highest BCUT2D eigenvalue weighted by atomic mass is 32.2. The van der Waals surface area contributed by atoms with Crippen LogP contribution in [0, 0.1) is 0 Å². The maximum atomic E-state index is 11.9. The summed E-state index contributed by atoms with van der Waals surface area (Å²) >= 11 is 1.16. The van der Waals surface area contributed by atoms with Crippen molar-refractivity contribution in [1.82, 2.24) is 20.2 Å². The third-order valence-electron chi connectivity index (χ3n) is 3.24. The van der Waals surface area contributed by atoms with E-state index in [0.717, 1.165) is 37.7 Å². The number of amides is 1. The van der Waals surface area contributed by atoms with Crippen LogP contribution in [0.5, 0.6) is 0 Å². The summed E-state index contributed by atoms with van der Waals surface area (Å²) in [4.78, 5) is 25.1. The Kier molecular flexibility index (Phi) is 4.86. The van der Waals surface area contributed by atoms with Crippen molar-refractivity contribution < 1.29 is 14.1 Å². The highest BCUT2D eigenvalue weighted by Crippen LogP contribution is 2.13. The van der Waals surface area contributed by atoms with Gasteiger partial charge in [-0.15, -0.1) is 0 Å². The van der Waals surface area contributed by atoms with E-state index in [1.54, 1.807) is 11.0 Å². The molecule has 0 bridgehead atoms. The van der Waals surface area contributed by atoms with E-state index in [4.69, 9.17) is 10.3 Å². The summed E-state index contributed by atoms with van der Waals surface area (Å²) in [5.74, 6) is 0.321. The third-order valence-corrected chi connectivity index (χ3v) is 4.10. The van der Waals surface area contributed by atoms with E-state index in [2.05, 4.69) is 30.5 Å². The predicted molar refractivity (Wildman–Crippen MR) is 82.1 cm³/mol. The molecule has 0 spiro atoms. The first-order valence-electron chi connectivity index (χ1n) is 7.22. The molecule has 1 saturated heterocycles. The maximum absolute atomic E-state index is 11.9. The van der Waals surface area contributed by atoms with E-state index in [9.17, 15) is 4.79 Å². The summed E-state index contributed by atoms with van der Waals surface area (Å²) in [6, 6.07) is 0. The van der Waals surface area contributed by atoms with Gasteiger partial charge in [0.15, 0.2) is 5.16 Å². The van der Waals surface area contributed by atoms with E-state index in [0.29, 0.717) is 11.0 Å². The summed E-state index contributed by atoms with van der Waals surface area (Å²) in [6.45, 7) is 1.86. The largest absolute Gasteiger partial charge is 0.368 e. The molecule has 0 aliphatic carbocycles. The number of nitrogens with zero attached hydrogens (tertiary/aromatic N) is 6. The molecule has 122 valence electrons. The van der Waals surface area contributed by atoms with Gasteiger partial charge in [0.1, 0.15) is 6.33 Å². The van der Waals surface area contributed by atoms with Gasteiger partial charge in [0.05, 0.1) is 23.6 Å². The minimum atomic E-state index is -0.240. The topological polar surface area (TPSA) is 127 Å². The summed E-state index contributed by atoms with van der Waals surface area (Å²) < 4.78 is 5.13. The Hall–Kier alpha value is -2.43. The SMILES string of the molecule is Nc1ncnc(SCC(=O)Nc2c[n+](N3CCCCC3)no2)n1. The Morgan fingerprint density at radius 3 is 3.00 bits per heavy atom. The quantitative estimate of drug-likeness (QED) is 0.552. The molecule has 23 heavy (non-hydrogen) atoms. The number of nitrogens with two attached hydrogens (primary N) is 1. The maximum Gasteiger partial charge on any atom is 0.305 e. The van der Waals surface area contributed by atoms with Gasteiger partial charge in [0.25, 0.3) is 6.20 Å². The zero-order valence-corrected chi connectivity index (χ0v) is 13.2. The lowest BCUT2D eigenvalue weighted by Gasteiger charge is -2.17. The van der Waals surface area contributed by atoms with Crippen molar-refractivity contribution in [2.45, 2.75) is 24.4 Å².